The zero-order chi connectivity index (χ0) is 17.1. The number of hydrogen-bond donors (Lipinski definition) is 0. The van der Waals surface area contributed by atoms with Crippen LogP contribution in [-0.4, -0.2) is 43.6 Å². The van der Waals surface area contributed by atoms with Crippen molar-refractivity contribution in [2.45, 2.75) is 38.1 Å². The predicted molar refractivity (Wildman–Crippen MR) is 97.4 cm³/mol. The van der Waals surface area contributed by atoms with Crippen molar-refractivity contribution in [3.8, 4) is 0 Å². The van der Waals surface area contributed by atoms with E-state index in [-0.39, 0.29) is 5.91 Å². The third kappa shape index (κ3) is 3.71. The average Bonchev–Trinajstić information content (AvgIpc) is 3.31. The van der Waals surface area contributed by atoms with Crippen molar-refractivity contribution in [2.75, 3.05) is 13.1 Å². The fourth-order valence-electron chi connectivity index (χ4n) is 3.37. The van der Waals surface area contributed by atoms with Crippen molar-refractivity contribution in [1.82, 2.24) is 24.6 Å². The Balaban J connectivity index is 1.36. The standard InChI is InChI=1S/C18H21N5OS/c24-17(8-4-10-23-13-19-12-20-23)22-9-3-5-14(11-22)18-21-15-6-1-2-7-16(15)25-18/h1-2,6-7,12-14H,3-5,8-11H2/t14-/m0/s1. The second kappa shape index (κ2) is 7.31. The van der Waals surface area contributed by atoms with E-state index in [0.717, 1.165) is 44.4 Å². The highest BCUT2D eigenvalue weighted by Gasteiger charge is 2.26. The molecule has 0 bridgehead atoms. The van der Waals surface area contributed by atoms with Gasteiger partial charge >= 0.3 is 0 Å². The molecule has 0 unspecified atom stereocenters. The number of likely N-dealkylation sites (tertiary alicyclic amines) is 1. The molecule has 1 amide bonds. The minimum atomic E-state index is 0.242. The number of thiazole rings is 1. The van der Waals surface area contributed by atoms with Gasteiger partial charge in [-0.15, -0.1) is 11.3 Å². The minimum absolute atomic E-state index is 0.242. The van der Waals surface area contributed by atoms with Crippen molar-refractivity contribution in [3.63, 3.8) is 0 Å². The lowest BCUT2D eigenvalue weighted by Gasteiger charge is -2.32. The Morgan fingerprint density at radius 2 is 2.24 bits per heavy atom. The van der Waals surface area contributed by atoms with Crippen molar-refractivity contribution in [3.05, 3.63) is 41.9 Å². The molecule has 1 aliphatic heterocycles. The van der Waals surface area contributed by atoms with E-state index in [4.69, 9.17) is 4.98 Å². The van der Waals surface area contributed by atoms with Crippen molar-refractivity contribution >= 4 is 27.5 Å². The maximum atomic E-state index is 12.5. The number of benzene rings is 1. The van der Waals surface area contributed by atoms with E-state index in [1.807, 2.05) is 11.0 Å². The fourth-order valence-corrected chi connectivity index (χ4v) is 4.46. The monoisotopic (exact) mass is 355 g/mol. The van der Waals surface area contributed by atoms with Gasteiger partial charge in [0.05, 0.1) is 15.2 Å². The Bertz CT molecular complexity index is 811. The topological polar surface area (TPSA) is 63.9 Å². The Kier molecular flexibility index (Phi) is 4.74. The lowest BCUT2D eigenvalue weighted by Crippen LogP contribution is -2.39. The van der Waals surface area contributed by atoms with E-state index in [9.17, 15) is 4.79 Å². The Hall–Kier alpha value is -2.28. The second-order valence-corrected chi connectivity index (χ2v) is 7.52. The molecule has 1 aliphatic rings. The van der Waals surface area contributed by atoms with Gasteiger partial charge in [0, 0.05) is 32.0 Å². The number of fused-ring (bicyclic) bond motifs is 1. The number of para-hydroxylation sites is 1. The number of rotatable bonds is 5. The van der Waals surface area contributed by atoms with Crippen LogP contribution in [0.2, 0.25) is 0 Å². The minimum Gasteiger partial charge on any atom is -0.342 e. The van der Waals surface area contributed by atoms with Crippen LogP contribution in [0.3, 0.4) is 0 Å². The summed E-state index contributed by atoms with van der Waals surface area (Å²) in [5.41, 5.74) is 1.07. The van der Waals surface area contributed by atoms with E-state index >= 15 is 0 Å². The van der Waals surface area contributed by atoms with Crippen LogP contribution in [0.4, 0.5) is 0 Å². The molecule has 25 heavy (non-hydrogen) atoms. The van der Waals surface area contributed by atoms with Gasteiger partial charge in [0.1, 0.15) is 12.7 Å². The molecule has 1 fully saturated rings. The molecule has 2 aromatic heterocycles. The second-order valence-electron chi connectivity index (χ2n) is 6.46. The molecule has 0 N–H and O–H groups in total. The third-order valence-corrected chi connectivity index (χ3v) is 5.88. The van der Waals surface area contributed by atoms with Gasteiger partial charge in [-0.05, 0) is 31.4 Å². The molecule has 1 aromatic carbocycles. The highest BCUT2D eigenvalue weighted by molar-refractivity contribution is 7.18. The highest BCUT2D eigenvalue weighted by atomic mass is 32.1. The number of amides is 1. The van der Waals surface area contributed by atoms with Crippen LogP contribution in [0.1, 0.15) is 36.6 Å². The molecule has 130 valence electrons. The van der Waals surface area contributed by atoms with Crippen molar-refractivity contribution in [1.29, 1.82) is 0 Å². The average molecular weight is 355 g/mol. The van der Waals surface area contributed by atoms with E-state index in [1.54, 1.807) is 22.3 Å². The summed E-state index contributed by atoms with van der Waals surface area (Å²) in [5, 5.41) is 5.24. The molecular weight excluding hydrogens is 334 g/mol. The van der Waals surface area contributed by atoms with E-state index in [2.05, 4.69) is 28.3 Å². The first-order valence-corrected chi connectivity index (χ1v) is 9.57. The molecule has 7 heteroatoms. The van der Waals surface area contributed by atoms with Crippen LogP contribution in [0.25, 0.3) is 10.2 Å². The Morgan fingerprint density at radius 1 is 1.32 bits per heavy atom. The highest BCUT2D eigenvalue weighted by Crippen LogP contribution is 2.33. The van der Waals surface area contributed by atoms with Crippen molar-refractivity contribution < 1.29 is 4.79 Å². The molecule has 1 saturated heterocycles. The number of nitrogens with zero attached hydrogens (tertiary/aromatic N) is 5. The van der Waals surface area contributed by atoms with E-state index in [1.165, 1.54) is 16.0 Å². The molecule has 0 saturated carbocycles. The van der Waals surface area contributed by atoms with Gasteiger partial charge in [0.2, 0.25) is 5.91 Å². The van der Waals surface area contributed by atoms with Crippen LogP contribution in [0.15, 0.2) is 36.9 Å². The summed E-state index contributed by atoms with van der Waals surface area (Å²) in [6, 6.07) is 8.26. The van der Waals surface area contributed by atoms with E-state index < -0.39 is 0 Å². The zero-order valence-corrected chi connectivity index (χ0v) is 14.9. The van der Waals surface area contributed by atoms with Crippen LogP contribution < -0.4 is 0 Å². The lowest BCUT2D eigenvalue weighted by molar-refractivity contribution is -0.132. The van der Waals surface area contributed by atoms with Crippen LogP contribution in [0, 0.1) is 0 Å². The first kappa shape index (κ1) is 16.2. The Morgan fingerprint density at radius 3 is 3.08 bits per heavy atom. The maximum Gasteiger partial charge on any atom is 0.222 e. The molecule has 3 heterocycles. The number of aromatic nitrogens is 4. The summed E-state index contributed by atoms with van der Waals surface area (Å²) in [7, 11) is 0. The number of piperidine rings is 1. The summed E-state index contributed by atoms with van der Waals surface area (Å²) in [4.78, 5) is 23.3. The van der Waals surface area contributed by atoms with Gasteiger partial charge < -0.3 is 4.90 Å². The molecule has 0 aliphatic carbocycles. The van der Waals surface area contributed by atoms with Gasteiger partial charge in [-0.2, -0.15) is 5.10 Å². The summed E-state index contributed by atoms with van der Waals surface area (Å²) in [6.07, 6.45) is 6.73. The molecule has 4 rings (SSSR count). The first-order valence-electron chi connectivity index (χ1n) is 8.75. The molecule has 1 atom stereocenters. The van der Waals surface area contributed by atoms with Gasteiger partial charge in [-0.3, -0.25) is 9.48 Å². The van der Waals surface area contributed by atoms with Crippen LogP contribution >= 0.6 is 11.3 Å². The maximum absolute atomic E-state index is 12.5. The zero-order valence-electron chi connectivity index (χ0n) is 14.0. The first-order chi connectivity index (χ1) is 12.3. The lowest BCUT2D eigenvalue weighted by atomic mass is 9.98. The number of hydrogen-bond acceptors (Lipinski definition) is 5. The fraction of sp³-hybridized carbons (Fsp3) is 0.444. The Labute approximate surface area is 150 Å². The molecular formula is C18H21N5OS. The van der Waals surface area contributed by atoms with E-state index in [0.29, 0.717) is 12.3 Å². The molecule has 0 spiro atoms. The summed E-state index contributed by atoms with van der Waals surface area (Å²) in [5.74, 6) is 0.608. The van der Waals surface area contributed by atoms with Gasteiger partial charge in [-0.1, -0.05) is 12.1 Å². The smallest absolute Gasteiger partial charge is 0.222 e. The largest absolute Gasteiger partial charge is 0.342 e. The van der Waals surface area contributed by atoms with Crippen LogP contribution in [0.5, 0.6) is 0 Å². The number of carbonyl (C=O) groups excluding carboxylic acids is 1. The molecule has 0 radical (unpaired) electrons. The summed E-state index contributed by atoms with van der Waals surface area (Å²) in [6.45, 7) is 2.40. The normalized spacial score (nSPS) is 17.9. The van der Waals surface area contributed by atoms with Crippen LogP contribution in [-0.2, 0) is 11.3 Å². The van der Waals surface area contributed by atoms with Gasteiger partial charge in [-0.25, -0.2) is 9.97 Å². The van der Waals surface area contributed by atoms with Gasteiger partial charge in [0.25, 0.3) is 0 Å². The molecule has 6 nitrogen and oxygen atoms in total. The van der Waals surface area contributed by atoms with Gasteiger partial charge in [0.15, 0.2) is 0 Å². The third-order valence-electron chi connectivity index (χ3n) is 4.68. The van der Waals surface area contributed by atoms with Crippen molar-refractivity contribution in [2.24, 2.45) is 0 Å². The summed E-state index contributed by atoms with van der Waals surface area (Å²) >= 11 is 1.77. The quantitative estimate of drug-likeness (QED) is 0.705. The predicted octanol–water partition coefficient (Wildman–Crippen LogP) is 3.07. The SMILES string of the molecule is O=C(CCCn1cncn1)N1CCC[C@H](c2nc3ccccc3s2)C1. The summed E-state index contributed by atoms with van der Waals surface area (Å²) < 4.78 is 3.00. The number of carbonyl (C=O) groups is 1. The number of aryl methyl sites for hydroxylation is 1. The molecule has 3 aromatic rings.